The molecule has 1 heterocycles. The number of fused-ring (bicyclic) bond motifs is 1. The molecule has 1 amide bonds. The molecule has 150 valence electrons. The molecule has 1 aromatic carbocycles. The third-order valence-corrected chi connectivity index (χ3v) is 6.44. The van der Waals surface area contributed by atoms with E-state index in [2.05, 4.69) is 10.4 Å². The third kappa shape index (κ3) is 3.37. The number of benzene rings is 1. The van der Waals surface area contributed by atoms with Crippen LogP contribution >= 0.6 is 11.6 Å². The number of nitrogens with two attached hydrogens (primary N) is 1. The van der Waals surface area contributed by atoms with Crippen LogP contribution in [0.5, 0.6) is 0 Å². The van der Waals surface area contributed by atoms with Crippen molar-refractivity contribution in [2.45, 2.75) is 44.1 Å². The fourth-order valence-electron chi connectivity index (χ4n) is 4.99. The highest BCUT2D eigenvalue weighted by molar-refractivity contribution is 6.31. The van der Waals surface area contributed by atoms with E-state index in [1.54, 1.807) is 7.05 Å². The molecule has 6 nitrogen and oxygen atoms in total. The maximum atomic E-state index is 13.4. The number of aliphatic hydroxyl groups is 1. The molecule has 2 saturated carbocycles. The van der Waals surface area contributed by atoms with Crippen LogP contribution in [0.25, 0.3) is 0 Å². The SMILES string of the molecule is Cn1nc(C2CC3CC(C)(O)CC3C2)c(C(=O)Nc2ccc(F)c(Cl)c2)c1N. The fourth-order valence-corrected chi connectivity index (χ4v) is 5.17. The number of halogens is 2. The van der Waals surface area contributed by atoms with Crippen molar-refractivity contribution >= 4 is 29.0 Å². The second-order valence-electron chi connectivity index (χ2n) is 8.45. The zero-order valence-electron chi connectivity index (χ0n) is 15.9. The molecule has 2 aliphatic carbocycles. The topological polar surface area (TPSA) is 93.2 Å². The van der Waals surface area contributed by atoms with E-state index < -0.39 is 11.4 Å². The quantitative estimate of drug-likeness (QED) is 0.724. The van der Waals surface area contributed by atoms with E-state index in [1.165, 1.54) is 22.9 Å². The van der Waals surface area contributed by atoms with Crippen molar-refractivity contribution in [1.82, 2.24) is 9.78 Å². The highest BCUT2D eigenvalue weighted by atomic mass is 35.5. The molecule has 0 radical (unpaired) electrons. The summed E-state index contributed by atoms with van der Waals surface area (Å²) in [6.45, 7) is 1.89. The number of anilines is 2. The molecule has 0 spiro atoms. The monoisotopic (exact) mass is 406 g/mol. The van der Waals surface area contributed by atoms with Gasteiger partial charge in [0.2, 0.25) is 0 Å². The van der Waals surface area contributed by atoms with Crippen molar-refractivity contribution < 1.29 is 14.3 Å². The van der Waals surface area contributed by atoms with Crippen LogP contribution in [-0.2, 0) is 7.05 Å². The molecule has 2 atom stereocenters. The van der Waals surface area contributed by atoms with E-state index in [0.29, 0.717) is 34.6 Å². The van der Waals surface area contributed by atoms with E-state index in [0.717, 1.165) is 25.7 Å². The first-order valence-electron chi connectivity index (χ1n) is 9.46. The maximum absolute atomic E-state index is 13.4. The predicted octanol–water partition coefficient (Wildman–Crippen LogP) is 3.70. The summed E-state index contributed by atoms with van der Waals surface area (Å²) >= 11 is 5.80. The molecule has 28 heavy (non-hydrogen) atoms. The average molecular weight is 407 g/mol. The Hall–Kier alpha value is -2.12. The minimum atomic E-state index is -0.592. The Labute approximate surface area is 167 Å². The number of nitrogen functional groups attached to an aromatic ring is 1. The summed E-state index contributed by atoms with van der Waals surface area (Å²) in [6.07, 6.45) is 3.35. The van der Waals surface area contributed by atoms with Gasteiger partial charge in [-0.2, -0.15) is 5.10 Å². The van der Waals surface area contributed by atoms with Gasteiger partial charge in [0.1, 0.15) is 17.2 Å². The number of nitrogens with zero attached hydrogens (tertiary/aromatic N) is 2. The Balaban J connectivity index is 1.58. The normalized spacial score (nSPS) is 29.1. The largest absolute Gasteiger partial charge is 0.390 e. The molecular weight excluding hydrogens is 383 g/mol. The molecule has 2 aromatic rings. The number of aryl methyl sites for hydroxylation is 1. The van der Waals surface area contributed by atoms with Gasteiger partial charge in [-0.1, -0.05) is 11.6 Å². The Bertz CT molecular complexity index is 927. The molecule has 0 bridgehead atoms. The maximum Gasteiger partial charge on any atom is 0.261 e. The second-order valence-corrected chi connectivity index (χ2v) is 8.85. The lowest BCUT2D eigenvalue weighted by Crippen LogP contribution is -2.21. The molecule has 8 heteroatoms. The van der Waals surface area contributed by atoms with E-state index in [1.807, 2.05) is 6.92 Å². The van der Waals surface area contributed by atoms with Gasteiger partial charge in [-0.3, -0.25) is 9.48 Å². The highest BCUT2D eigenvalue weighted by Gasteiger charge is 2.48. The molecule has 4 N–H and O–H groups in total. The summed E-state index contributed by atoms with van der Waals surface area (Å²) in [6, 6.07) is 4.02. The summed E-state index contributed by atoms with van der Waals surface area (Å²) in [5.74, 6) is 0.379. The lowest BCUT2D eigenvalue weighted by atomic mass is 9.92. The van der Waals surface area contributed by atoms with Crippen molar-refractivity contribution in [2.24, 2.45) is 18.9 Å². The van der Waals surface area contributed by atoms with Gasteiger partial charge in [-0.15, -0.1) is 0 Å². The number of rotatable bonds is 3. The summed E-state index contributed by atoms with van der Waals surface area (Å²) in [7, 11) is 1.71. The molecular formula is C20H24ClFN4O2. The van der Waals surface area contributed by atoms with E-state index in [9.17, 15) is 14.3 Å². The fraction of sp³-hybridized carbons (Fsp3) is 0.500. The molecule has 0 aliphatic heterocycles. The van der Waals surface area contributed by atoms with Gasteiger partial charge >= 0.3 is 0 Å². The first-order chi connectivity index (χ1) is 13.1. The molecule has 2 fully saturated rings. The number of amides is 1. The molecule has 4 rings (SSSR count). The van der Waals surface area contributed by atoms with E-state index in [4.69, 9.17) is 17.3 Å². The van der Waals surface area contributed by atoms with E-state index in [-0.39, 0.29) is 16.8 Å². The van der Waals surface area contributed by atoms with Crippen molar-refractivity contribution in [2.75, 3.05) is 11.1 Å². The Kier molecular flexibility index (Phi) is 4.62. The van der Waals surface area contributed by atoms with Gasteiger partial charge in [0.15, 0.2) is 0 Å². The van der Waals surface area contributed by atoms with Gasteiger partial charge in [0, 0.05) is 18.7 Å². The number of carbonyl (C=O) groups excluding carboxylic acids is 1. The van der Waals surface area contributed by atoms with Crippen LogP contribution in [0.3, 0.4) is 0 Å². The van der Waals surface area contributed by atoms with Crippen LogP contribution < -0.4 is 11.1 Å². The van der Waals surface area contributed by atoms with Gasteiger partial charge in [-0.25, -0.2) is 4.39 Å². The number of hydrogen-bond acceptors (Lipinski definition) is 4. The minimum absolute atomic E-state index is 0.0622. The van der Waals surface area contributed by atoms with E-state index >= 15 is 0 Å². The van der Waals surface area contributed by atoms with Crippen LogP contribution in [0.4, 0.5) is 15.9 Å². The van der Waals surface area contributed by atoms with Crippen LogP contribution in [0.2, 0.25) is 5.02 Å². The smallest absolute Gasteiger partial charge is 0.261 e. The Morgan fingerprint density at radius 3 is 2.64 bits per heavy atom. The third-order valence-electron chi connectivity index (χ3n) is 6.15. The van der Waals surface area contributed by atoms with Crippen LogP contribution in [0.1, 0.15) is 54.6 Å². The summed E-state index contributed by atoms with van der Waals surface area (Å²) < 4.78 is 14.9. The van der Waals surface area contributed by atoms with Gasteiger partial charge in [0.05, 0.1) is 16.3 Å². The van der Waals surface area contributed by atoms with Gasteiger partial charge in [0.25, 0.3) is 5.91 Å². The zero-order chi connectivity index (χ0) is 20.2. The zero-order valence-corrected chi connectivity index (χ0v) is 16.6. The van der Waals surface area contributed by atoms with Gasteiger partial charge < -0.3 is 16.2 Å². The van der Waals surface area contributed by atoms with Gasteiger partial charge in [-0.05, 0) is 62.6 Å². The minimum Gasteiger partial charge on any atom is -0.390 e. The molecule has 0 saturated heterocycles. The molecule has 2 unspecified atom stereocenters. The lowest BCUT2D eigenvalue weighted by Gasteiger charge is -2.19. The van der Waals surface area contributed by atoms with Crippen LogP contribution in [0.15, 0.2) is 18.2 Å². The second kappa shape index (κ2) is 6.74. The Morgan fingerprint density at radius 2 is 2.04 bits per heavy atom. The first-order valence-corrected chi connectivity index (χ1v) is 9.83. The molecule has 2 aliphatic rings. The predicted molar refractivity (Wildman–Crippen MR) is 106 cm³/mol. The standard InChI is InChI=1S/C20H24ClFN4O2/c1-20(28)8-11-5-10(6-12(11)9-20)17-16(18(23)26(2)25-17)19(27)24-13-3-4-15(22)14(21)7-13/h3-4,7,10-12,28H,5-6,8-9,23H2,1-2H3,(H,24,27). The van der Waals surface area contributed by atoms with Crippen LogP contribution in [0, 0.1) is 17.7 Å². The first kappa shape index (κ1) is 19.2. The number of aromatic nitrogens is 2. The van der Waals surface area contributed by atoms with Crippen molar-refractivity contribution in [3.05, 3.63) is 40.3 Å². The number of nitrogens with one attached hydrogen (secondary N) is 1. The molecule has 1 aromatic heterocycles. The van der Waals surface area contributed by atoms with Crippen molar-refractivity contribution in [3.8, 4) is 0 Å². The average Bonchev–Trinajstić information content (AvgIpc) is 3.20. The highest BCUT2D eigenvalue weighted by Crippen LogP contribution is 2.54. The van der Waals surface area contributed by atoms with Crippen molar-refractivity contribution in [3.63, 3.8) is 0 Å². The summed E-state index contributed by atoms with van der Waals surface area (Å²) in [5, 5.41) is 17.5. The van der Waals surface area contributed by atoms with Crippen LogP contribution in [-0.4, -0.2) is 26.4 Å². The number of carbonyl (C=O) groups is 1. The lowest BCUT2D eigenvalue weighted by molar-refractivity contribution is 0.0579. The summed E-state index contributed by atoms with van der Waals surface area (Å²) in [5.41, 5.74) is 7.01. The van der Waals surface area contributed by atoms with Crippen molar-refractivity contribution in [1.29, 1.82) is 0 Å². The Morgan fingerprint density at radius 1 is 1.39 bits per heavy atom. The number of hydrogen-bond donors (Lipinski definition) is 3. The summed E-state index contributed by atoms with van der Waals surface area (Å²) in [4.78, 5) is 13.0.